The summed E-state index contributed by atoms with van der Waals surface area (Å²) in [5, 5.41) is 6.31. The van der Waals surface area contributed by atoms with Crippen molar-refractivity contribution in [3.05, 3.63) is 29.8 Å². The Balaban J connectivity index is 0.00000280. The number of hydrogen-bond donors (Lipinski definition) is 2. The molecule has 1 saturated heterocycles. The Hall–Kier alpha value is -1.59. The van der Waals surface area contributed by atoms with Crippen LogP contribution < -0.4 is 10.6 Å². The van der Waals surface area contributed by atoms with Crippen LogP contribution in [-0.2, 0) is 4.79 Å². The lowest BCUT2D eigenvalue weighted by Crippen LogP contribution is -2.38. The van der Waals surface area contributed by atoms with E-state index in [1.807, 2.05) is 36.2 Å². The van der Waals surface area contributed by atoms with Crippen molar-refractivity contribution in [3.63, 3.8) is 0 Å². The average molecular weight is 408 g/mol. The van der Waals surface area contributed by atoms with Gasteiger partial charge >= 0.3 is 0 Å². The van der Waals surface area contributed by atoms with E-state index >= 15 is 0 Å². The second-order valence-electron chi connectivity index (χ2n) is 8.07. The van der Waals surface area contributed by atoms with E-state index in [1.54, 1.807) is 0 Å². The van der Waals surface area contributed by atoms with Gasteiger partial charge in [0.15, 0.2) is 0 Å². The molecule has 2 fully saturated rings. The summed E-state index contributed by atoms with van der Waals surface area (Å²) in [5.74, 6) is 0.796. The second-order valence-corrected chi connectivity index (χ2v) is 8.07. The number of carbonyl (C=O) groups excluding carboxylic acids is 2. The second kappa shape index (κ2) is 11.4. The first-order chi connectivity index (χ1) is 13.1. The SMILES string of the molecule is CN(C(=O)c1ccc(NC(=O)CCC2CCNCC2)cc1)C1CCCCC1.Cl. The average Bonchev–Trinajstić information content (AvgIpc) is 2.73. The Labute approximate surface area is 175 Å². The highest BCUT2D eigenvalue weighted by atomic mass is 35.5. The lowest BCUT2D eigenvalue weighted by atomic mass is 9.93. The summed E-state index contributed by atoms with van der Waals surface area (Å²) in [6.45, 7) is 2.13. The summed E-state index contributed by atoms with van der Waals surface area (Å²) >= 11 is 0. The van der Waals surface area contributed by atoms with Crippen LogP contribution >= 0.6 is 12.4 Å². The lowest BCUT2D eigenvalue weighted by Gasteiger charge is -2.31. The molecule has 6 heteroatoms. The fraction of sp³-hybridized carbons (Fsp3) is 0.636. The van der Waals surface area contributed by atoms with Gasteiger partial charge < -0.3 is 15.5 Å². The monoisotopic (exact) mass is 407 g/mol. The van der Waals surface area contributed by atoms with Gasteiger partial charge in [0, 0.05) is 30.8 Å². The summed E-state index contributed by atoms with van der Waals surface area (Å²) < 4.78 is 0. The zero-order valence-electron chi connectivity index (χ0n) is 16.9. The summed E-state index contributed by atoms with van der Waals surface area (Å²) in [7, 11) is 1.91. The molecule has 1 heterocycles. The number of anilines is 1. The predicted molar refractivity (Wildman–Crippen MR) is 116 cm³/mol. The molecule has 1 aromatic rings. The number of halogens is 1. The molecule has 0 atom stereocenters. The van der Waals surface area contributed by atoms with Crippen LogP contribution in [0.15, 0.2) is 24.3 Å². The molecule has 1 aromatic carbocycles. The molecule has 0 unspecified atom stereocenters. The molecular weight excluding hydrogens is 374 g/mol. The minimum absolute atomic E-state index is 0. The van der Waals surface area contributed by atoms with Crippen molar-refractivity contribution in [3.8, 4) is 0 Å². The van der Waals surface area contributed by atoms with Gasteiger partial charge in [-0.25, -0.2) is 0 Å². The first-order valence-electron chi connectivity index (χ1n) is 10.5. The molecule has 2 N–H and O–H groups in total. The Bertz CT molecular complexity index is 623. The van der Waals surface area contributed by atoms with E-state index in [4.69, 9.17) is 0 Å². The van der Waals surface area contributed by atoms with E-state index < -0.39 is 0 Å². The molecule has 0 bridgehead atoms. The highest BCUT2D eigenvalue weighted by Gasteiger charge is 2.23. The van der Waals surface area contributed by atoms with Crippen LogP contribution in [-0.4, -0.2) is 42.9 Å². The third-order valence-corrected chi connectivity index (χ3v) is 6.10. The van der Waals surface area contributed by atoms with Crippen LogP contribution in [0, 0.1) is 5.92 Å². The summed E-state index contributed by atoms with van der Waals surface area (Å²) in [4.78, 5) is 26.8. The van der Waals surface area contributed by atoms with E-state index in [1.165, 1.54) is 32.1 Å². The number of amides is 2. The smallest absolute Gasteiger partial charge is 0.253 e. The maximum absolute atomic E-state index is 12.7. The van der Waals surface area contributed by atoms with Crippen molar-refractivity contribution in [2.45, 2.75) is 63.8 Å². The number of piperidine rings is 1. The maximum atomic E-state index is 12.7. The molecule has 156 valence electrons. The lowest BCUT2D eigenvalue weighted by molar-refractivity contribution is -0.116. The standard InChI is InChI=1S/C22H33N3O2.ClH/c1-25(20-5-3-2-4-6-20)22(27)18-8-10-19(11-9-18)24-21(26)12-7-17-13-15-23-16-14-17;/h8-11,17,20,23H,2-7,12-16H2,1H3,(H,24,26);1H. The van der Waals surface area contributed by atoms with E-state index in [0.29, 0.717) is 23.9 Å². The molecule has 2 aliphatic rings. The first-order valence-corrected chi connectivity index (χ1v) is 10.5. The highest BCUT2D eigenvalue weighted by molar-refractivity contribution is 5.95. The molecular formula is C22H34ClN3O2. The normalized spacial score (nSPS) is 18.2. The van der Waals surface area contributed by atoms with Gasteiger partial charge in [0.05, 0.1) is 0 Å². The van der Waals surface area contributed by atoms with Crippen LogP contribution in [0.2, 0.25) is 0 Å². The molecule has 1 aliphatic carbocycles. The molecule has 1 saturated carbocycles. The molecule has 2 amide bonds. The number of nitrogens with zero attached hydrogens (tertiary/aromatic N) is 1. The van der Waals surface area contributed by atoms with Crippen LogP contribution in [0.4, 0.5) is 5.69 Å². The number of rotatable bonds is 6. The van der Waals surface area contributed by atoms with Crippen molar-refractivity contribution in [1.82, 2.24) is 10.2 Å². The zero-order chi connectivity index (χ0) is 19.1. The van der Waals surface area contributed by atoms with Crippen LogP contribution in [0.25, 0.3) is 0 Å². The molecule has 5 nitrogen and oxygen atoms in total. The van der Waals surface area contributed by atoms with Crippen LogP contribution in [0.1, 0.15) is 68.1 Å². The molecule has 0 aromatic heterocycles. The van der Waals surface area contributed by atoms with Crippen LogP contribution in [0.3, 0.4) is 0 Å². The maximum Gasteiger partial charge on any atom is 0.253 e. The Morgan fingerprint density at radius 3 is 2.32 bits per heavy atom. The molecule has 0 spiro atoms. The third-order valence-electron chi connectivity index (χ3n) is 6.10. The Morgan fingerprint density at radius 1 is 1.04 bits per heavy atom. The summed E-state index contributed by atoms with van der Waals surface area (Å²) in [6.07, 6.45) is 9.77. The molecule has 1 aliphatic heterocycles. The van der Waals surface area contributed by atoms with Gasteiger partial charge in [-0.2, -0.15) is 0 Å². The topological polar surface area (TPSA) is 61.4 Å². The summed E-state index contributed by atoms with van der Waals surface area (Å²) in [6, 6.07) is 7.68. The van der Waals surface area contributed by atoms with Gasteiger partial charge in [-0.3, -0.25) is 9.59 Å². The van der Waals surface area contributed by atoms with Crippen molar-refractivity contribution in [2.24, 2.45) is 5.92 Å². The fourth-order valence-electron chi connectivity index (χ4n) is 4.26. The van der Waals surface area contributed by atoms with E-state index in [9.17, 15) is 9.59 Å². The Kier molecular flexibility index (Phi) is 9.26. The van der Waals surface area contributed by atoms with Crippen LogP contribution in [0.5, 0.6) is 0 Å². The van der Waals surface area contributed by atoms with E-state index in [0.717, 1.165) is 38.0 Å². The Morgan fingerprint density at radius 2 is 1.68 bits per heavy atom. The number of carbonyl (C=O) groups is 2. The number of nitrogens with one attached hydrogen (secondary N) is 2. The largest absolute Gasteiger partial charge is 0.339 e. The first kappa shape index (κ1) is 22.7. The number of hydrogen-bond acceptors (Lipinski definition) is 3. The van der Waals surface area contributed by atoms with Gasteiger partial charge in [0.2, 0.25) is 5.91 Å². The van der Waals surface area contributed by atoms with Gasteiger partial charge in [-0.15, -0.1) is 12.4 Å². The molecule has 3 rings (SSSR count). The van der Waals surface area contributed by atoms with E-state index in [-0.39, 0.29) is 24.2 Å². The predicted octanol–water partition coefficient (Wildman–Crippen LogP) is 4.23. The van der Waals surface area contributed by atoms with Crippen molar-refractivity contribution in [1.29, 1.82) is 0 Å². The third kappa shape index (κ3) is 6.49. The summed E-state index contributed by atoms with van der Waals surface area (Å²) in [5.41, 5.74) is 1.46. The minimum Gasteiger partial charge on any atom is -0.339 e. The number of benzene rings is 1. The van der Waals surface area contributed by atoms with Gasteiger partial charge in [0.25, 0.3) is 5.91 Å². The van der Waals surface area contributed by atoms with Gasteiger partial charge in [-0.1, -0.05) is 19.3 Å². The zero-order valence-corrected chi connectivity index (χ0v) is 17.7. The van der Waals surface area contributed by atoms with Gasteiger partial charge in [-0.05, 0) is 75.4 Å². The molecule has 28 heavy (non-hydrogen) atoms. The van der Waals surface area contributed by atoms with Crippen molar-refractivity contribution < 1.29 is 9.59 Å². The molecule has 0 radical (unpaired) electrons. The highest BCUT2D eigenvalue weighted by Crippen LogP contribution is 2.23. The van der Waals surface area contributed by atoms with Crippen molar-refractivity contribution >= 4 is 29.9 Å². The van der Waals surface area contributed by atoms with E-state index in [2.05, 4.69) is 10.6 Å². The fourth-order valence-corrected chi connectivity index (χ4v) is 4.26. The van der Waals surface area contributed by atoms with Gasteiger partial charge in [0.1, 0.15) is 0 Å². The minimum atomic E-state index is 0. The quantitative estimate of drug-likeness (QED) is 0.741. The van der Waals surface area contributed by atoms with Crippen molar-refractivity contribution in [2.75, 3.05) is 25.5 Å².